The summed E-state index contributed by atoms with van der Waals surface area (Å²) in [6, 6.07) is 5.42. The molecule has 1 aromatic carbocycles. The zero-order valence-electron chi connectivity index (χ0n) is 13.4. The Hall–Kier alpha value is -2.83. The summed E-state index contributed by atoms with van der Waals surface area (Å²) in [4.78, 5) is 23.5. The molecule has 0 unspecified atom stereocenters. The van der Waals surface area contributed by atoms with Crippen molar-refractivity contribution in [1.29, 1.82) is 0 Å². The van der Waals surface area contributed by atoms with E-state index in [9.17, 15) is 4.79 Å². The quantitative estimate of drug-likeness (QED) is 0.780. The molecule has 122 valence electrons. The summed E-state index contributed by atoms with van der Waals surface area (Å²) in [7, 11) is 0. The van der Waals surface area contributed by atoms with Crippen LogP contribution in [0.1, 0.15) is 40.5 Å². The van der Waals surface area contributed by atoms with Gasteiger partial charge in [0, 0.05) is 37.0 Å². The van der Waals surface area contributed by atoms with Crippen molar-refractivity contribution in [1.82, 2.24) is 30.3 Å². The Morgan fingerprint density at radius 2 is 2.12 bits per heavy atom. The number of carbonyl (C=O) groups is 1. The van der Waals surface area contributed by atoms with Gasteiger partial charge in [-0.2, -0.15) is 15.4 Å². The molecule has 2 aromatic heterocycles. The van der Waals surface area contributed by atoms with Crippen molar-refractivity contribution in [2.24, 2.45) is 0 Å². The van der Waals surface area contributed by atoms with E-state index in [1.165, 1.54) is 0 Å². The number of fused-ring (bicyclic) bond motifs is 1. The van der Waals surface area contributed by atoms with E-state index in [1.807, 2.05) is 30.2 Å². The van der Waals surface area contributed by atoms with Crippen LogP contribution in [0.15, 0.2) is 30.6 Å². The fourth-order valence-electron chi connectivity index (χ4n) is 3.24. The number of piperidine rings is 1. The summed E-state index contributed by atoms with van der Waals surface area (Å²) < 4.78 is 0. The Morgan fingerprint density at radius 1 is 1.25 bits per heavy atom. The number of aryl methyl sites for hydroxylation is 1. The highest BCUT2D eigenvalue weighted by atomic mass is 16.2. The highest BCUT2D eigenvalue weighted by molar-refractivity contribution is 5.97. The van der Waals surface area contributed by atoms with Crippen molar-refractivity contribution in [2.45, 2.75) is 25.7 Å². The van der Waals surface area contributed by atoms with Crippen molar-refractivity contribution in [3.63, 3.8) is 0 Å². The molecule has 4 rings (SSSR count). The molecule has 7 nitrogen and oxygen atoms in total. The fourth-order valence-corrected chi connectivity index (χ4v) is 3.24. The van der Waals surface area contributed by atoms with E-state index in [0.717, 1.165) is 36.3 Å². The van der Waals surface area contributed by atoms with Crippen LogP contribution in [-0.2, 0) is 0 Å². The van der Waals surface area contributed by atoms with E-state index in [1.54, 1.807) is 12.3 Å². The normalized spacial score (nSPS) is 18.0. The van der Waals surface area contributed by atoms with Crippen molar-refractivity contribution in [2.75, 3.05) is 13.1 Å². The minimum Gasteiger partial charge on any atom is -0.338 e. The zero-order valence-corrected chi connectivity index (χ0v) is 13.4. The van der Waals surface area contributed by atoms with Crippen LogP contribution in [0.4, 0.5) is 0 Å². The van der Waals surface area contributed by atoms with Crippen LogP contribution in [0, 0.1) is 6.92 Å². The summed E-state index contributed by atoms with van der Waals surface area (Å²) in [5.41, 5.74) is 4.00. The molecule has 0 radical (unpaired) electrons. The molecule has 0 saturated carbocycles. The van der Waals surface area contributed by atoms with Gasteiger partial charge in [0.1, 0.15) is 11.0 Å². The molecule has 7 heteroatoms. The second-order valence-corrected chi connectivity index (χ2v) is 6.20. The number of nitrogens with zero attached hydrogens (tertiary/aromatic N) is 5. The highest BCUT2D eigenvalue weighted by Gasteiger charge is 2.26. The number of aromatic amines is 1. The number of benzene rings is 1. The number of rotatable bonds is 2. The summed E-state index contributed by atoms with van der Waals surface area (Å²) in [6.45, 7) is 3.38. The predicted octanol–water partition coefficient (Wildman–Crippen LogP) is 2.08. The first-order valence-electron chi connectivity index (χ1n) is 8.09. The fraction of sp³-hybridized carbons (Fsp3) is 0.353. The number of amides is 1. The number of likely N-dealkylation sites (tertiary alicyclic amines) is 1. The molecule has 1 aliphatic heterocycles. The molecule has 1 saturated heterocycles. The van der Waals surface area contributed by atoms with Gasteiger partial charge in [0.2, 0.25) is 0 Å². The first-order valence-corrected chi connectivity index (χ1v) is 8.09. The summed E-state index contributed by atoms with van der Waals surface area (Å²) in [5, 5.41) is 10.6. The van der Waals surface area contributed by atoms with Gasteiger partial charge in [-0.15, -0.1) is 0 Å². The number of H-pyrrole nitrogens is 1. The van der Waals surface area contributed by atoms with Gasteiger partial charge < -0.3 is 4.90 Å². The standard InChI is InChI=1S/C17H18N6O/c1-11-8-18-9-16(19-11)13-3-2-6-23(10-13)17(24)12-4-5-14-15(7-12)21-22-20-14/h4-5,7-9,13H,2-3,6,10H2,1H3,(H,20,21,22)/t13-/m1/s1. The zero-order chi connectivity index (χ0) is 16.5. The van der Waals surface area contributed by atoms with Gasteiger partial charge in [-0.1, -0.05) is 0 Å². The minimum atomic E-state index is 0.0326. The number of carbonyl (C=O) groups excluding carboxylic acids is 1. The number of nitrogens with one attached hydrogen (secondary N) is 1. The Morgan fingerprint density at radius 3 is 3.00 bits per heavy atom. The minimum absolute atomic E-state index is 0.0326. The molecule has 1 aliphatic rings. The van der Waals surface area contributed by atoms with Gasteiger partial charge >= 0.3 is 0 Å². The summed E-state index contributed by atoms with van der Waals surface area (Å²) >= 11 is 0. The van der Waals surface area contributed by atoms with Gasteiger partial charge in [0.15, 0.2) is 0 Å². The molecule has 0 aliphatic carbocycles. The maximum Gasteiger partial charge on any atom is 0.253 e. The van der Waals surface area contributed by atoms with Gasteiger partial charge in [-0.3, -0.25) is 14.8 Å². The molecule has 1 amide bonds. The van der Waals surface area contributed by atoms with Gasteiger partial charge in [-0.25, -0.2) is 0 Å². The third-order valence-corrected chi connectivity index (χ3v) is 4.46. The van der Waals surface area contributed by atoms with E-state index in [0.29, 0.717) is 17.6 Å². The van der Waals surface area contributed by atoms with E-state index in [-0.39, 0.29) is 11.8 Å². The van der Waals surface area contributed by atoms with Crippen LogP contribution in [-0.4, -0.2) is 49.3 Å². The summed E-state index contributed by atoms with van der Waals surface area (Å²) in [6.07, 6.45) is 5.57. The molecular formula is C17H18N6O. The van der Waals surface area contributed by atoms with E-state index < -0.39 is 0 Å². The van der Waals surface area contributed by atoms with Crippen LogP contribution in [0.5, 0.6) is 0 Å². The van der Waals surface area contributed by atoms with Gasteiger partial charge in [-0.05, 0) is 38.0 Å². The SMILES string of the molecule is Cc1cncc([C@@H]2CCCN(C(=O)c3ccc4n[nH]nc4c3)C2)n1. The van der Waals surface area contributed by atoms with Crippen LogP contribution >= 0.6 is 0 Å². The first-order chi connectivity index (χ1) is 11.7. The monoisotopic (exact) mass is 322 g/mol. The molecule has 3 heterocycles. The number of hydrogen-bond donors (Lipinski definition) is 1. The van der Waals surface area contributed by atoms with Crippen LogP contribution in [0.3, 0.4) is 0 Å². The lowest BCUT2D eigenvalue weighted by atomic mass is 9.94. The van der Waals surface area contributed by atoms with E-state index in [4.69, 9.17) is 0 Å². The maximum absolute atomic E-state index is 12.8. The second-order valence-electron chi connectivity index (χ2n) is 6.20. The smallest absolute Gasteiger partial charge is 0.253 e. The molecule has 0 bridgehead atoms. The van der Waals surface area contributed by atoms with Crippen molar-refractivity contribution >= 4 is 16.9 Å². The molecule has 1 fully saturated rings. The third-order valence-electron chi connectivity index (χ3n) is 4.46. The van der Waals surface area contributed by atoms with E-state index in [2.05, 4.69) is 25.4 Å². The highest BCUT2D eigenvalue weighted by Crippen LogP contribution is 2.26. The number of hydrogen-bond acceptors (Lipinski definition) is 5. The number of aromatic nitrogens is 5. The molecule has 3 aromatic rings. The van der Waals surface area contributed by atoms with Crippen molar-refractivity contribution < 1.29 is 4.79 Å². The van der Waals surface area contributed by atoms with Crippen LogP contribution in [0.2, 0.25) is 0 Å². The second kappa shape index (κ2) is 5.99. The Labute approximate surface area is 139 Å². The largest absolute Gasteiger partial charge is 0.338 e. The molecule has 1 N–H and O–H groups in total. The lowest BCUT2D eigenvalue weighted by molar-refractivity contribution is 0.0706. The van der Waals surface area contributed by atoms with Crippen LogP contribution in [0.25, 0.3) is 11.0 Å². The predicted molar refractivity (Wildman–Crippen MR) is 88.5 cm³/mol. The van der Waals surface area contributed by atoms with Crippen molar-refractivity contribution in [3.05, 3.63) is 47.5 Å². The first kappa shape index (κ1) is 14.7. The van der Waals surface area contributed by atoms with Gasteiger partial charge in [0.05, 0.1) is 11.4 Å². The maximum atomic E-state index is 12.8. The van der Waals surface area contributed by atoms with Crippen LogP contribution < -0.4 is 0 Å². The summed E-state index contributed by atoms with van der Waals surface area (Å²) in [5.74, 6) is 0.274. The lowest BCUT2D eigenvalue weighted by Crippen LogP contribution is -2.39. The van der Waals surface area contributed by atoms with Gasteiger partial charge in [0.25, 0.3) is 5.91 Å². The topological polar surface area (TPSA) is 87.7 Å². The van der Waals surface area contributed by atoms with E-state index >= 15 is 0 Å². The molecule has 0 spiro atoms. The molecular weight excluding hydrogens is 304 g/mol. The average Bonchev–Trinajstić information content (AvgIpc) is 3.09. The molecule has 24 heavy (non-hydrogen) atoms. The lowest BCUT2D eigenvalue weighted by Gasteiger charge is -2.32. The Balaban J connectivity index is 1.55. The average molecular weight is 322 g/mol. The Kier molecular flexibility index (Phi) is 3.68. The Bertz CT molecular complexity index is 889. The van der Waals surface area contributed by atoms with Crippen molar-refractivity contribution in [3.8, 4) is 0 Å². The molecule has 1 atom stereocenters. The third kappa shape index (κ3) is 2.73.